The van der Waals surface area contributed by atoms with E-state index < -0.39 is 7.32 Å². The highest BCUT2D eigenvalue weighted by Crippen LogP contribution is 1.86. The first-order valence-electron chi connectivity index (χ1n) is 2.02. The Morgan fingerprint density at radius 3 is 2.88 bits per heavy atom. The molecule has 8 heavy (non-hydrogen) atoms. The van der Waals surface area contributed by atoms with Crippen LogP contribution in [0.4, 0.5) is 0 Å². The van der Waals surface area contributed by atoms with Gasteiger partial charge >= 0.3 is 7.32 Å². The van der Waals surface area contributed by atoms with Crippen LogP contribution in [0.15, 0.2) is 12.7 Å². The molecule has 0 amide bonds. The summed E-state index contributed by atoms with van der Waals surface area (Å²) in [6, 6.07) is 0. The summed E-state index contributed by atoms with van der Waals surface area (Å²) in [7, 11) is -1.25. The van der Waals surface area contributed by atoms with Crippen molar-refractivity contribution in [2.75, 3.05) is 6.61 Å². The lowest BCUT2D eigenvalue weighted by Gasteiger charge is -1.98. The summed E-state index contributed by atoms with van der Waals surface area (Å²) >= 11 is 3.28. The lowest BCUT2D eigenvalue weighted by atomic mass is 10.3. The van der Waals surface area contributed by atoms with E-state index >= 15 is 0 Å². The summed E-state index contributed by atoms with van der Waals surface area (Å²) in [6.07, 6.45) is 1.50. The fraction of sp³-hybridized carbons (Fsp3) is 0.333. The summed E-state index contributed by atoms with van der Waals surface area (Å²) in [5, 5.41) is 8.42. The Hall–Kier alpha value is 0.0349. The summed E-state index contributed by atoms with van der Waals surface area (Å²) < 4.78 is 8.51. The zero-order chi connectivity index (χ0) is 6.41. The zero-order valence-corrected chi connectivity index (χ0v) is 5.17. The maximum atomic E-state index is 8.42. The lowest BCUT2D eigenvalue weighted by Crippen LogP contribution is -2.17. The second-order valence-electron chi connectivity index (χ2n) is 1.03. The molecule has 0 fully saturated rings. The normalized spacial score (nSPS) is 8.75. The van der Waals surface area contributed by atoms with Gasteiger partial charge in [0, 0.05) is 0 Å². The van der Waals surface area contributed by atoms with E-state index in [-0.39, 0.29) is 6.61 Å². The third-order valence-electron chi connectivity index (χ3n) is 0.447. The van der Waals surface area contributed by atoms with Gasteiger partial charge in [0.05, 0.1) is 6.61 Å². The van der Waals surface area contributed by atoms with Crippen LogP contribution < -0.4 is 0 Å². The van der Waals surface area contributed by atoms with E-state index in [0.29, 0.717) is 0 Å². The Kier molecular flexibility index (Phi) is 5.20. The molecule has 0 aromatic rings. The summed E-state index contributed by atoms with van der Waals surface area (Å²) in [5.41, 5.74) is 0. The third kappa shape index (κ3) is 4.20. The monoisotopic (exact) mass is 134 g/mol. The summed E-state index contributed by atoms with van der Waals surface area (Å²) in [5.74, 6) is 0. The largest absolute Gasteiger partial charge is 0.648 e. The van der Waals surface area contributed by atoms with E-state index in [1.807, 2.05) is 0 Å². The van der Waals surface area contributed by atoms with Crippen molar-refractivity contribution in [1.29, 1.82) is 0 Å². The molecule has 0 atom stereocenters. The van der Waals surface area contributed by atoms with Crippen molar-refractivity contribution in [3.8, 4) is 0 Å². The fourth-order valence-corrected chi connectivity index (χ4v) is 0.242. The fourth-order valence-electron chi connectivity index (χ4n) is 0.181. The first kappa shape index (κ1) is 8.03. The number of rotatable bonds is 4. The maximum absolute atomic E-state index is 8.42. The molecule has 0 saturated heterocycles. The number of hydrogen-bond donors (Lipinski definition) is 2. The standard InChI is InChI=1S/C3H7BO3S/c1-2-3-6-4(5)7-8/h2,5,8H,1,3H2. The molecular weight excluding hydrogens is 127 g/mol. The van der Waals surface area contributed by atoms with Crippen LogP contribution in [0.5, 0.6) is 0 Å². The number of thiol groups is 1. The highest BCUT2D eigenvalue weighted by molar-refractivity contribution is 7.76. The predicted octanol–water partition coefficient (Wildman–Crippen LogP) is 0.0276. The zero-order valence-electron chi connectivity index (χ0n) is 4.28. The van der Waals surface area contributed by atoms with Crippen molar-refractivity contribution < 1.29 is 13.8 Å². The molecule has 3 nitrogen and oxygen atoms in total. The number of hydrogen-bond acceptors (Lipinski definition) is 4. The summed E-state index contributed by atoms with van der Waals surface area (Å²) in [4.78, 5) is 0. The maximum Gasteiger partial charge on any atom is 0.648 e. The Balaban J connectivity index is 2.97. The van der Waals surface area contributed by atoms with E-state index in [0.717, 1.165) is 0 Å². The van der Waals surface area contributed by atoms with E-state index in [2.05, 4.69) is 28.2 Å². The van der Waals surface area contributed by atoms with Crippen LogP contribution in [0, 0.1) is 0 Å². The molecule has 0 aromatic heterocycles. The van der Waals surface area contributed by atoms with E-state index in [9.17, 15) is 0 Å². The average molecular weight is 134 g/mol. The summed E-state index contributed by atoms with van der Waals surface area (Å²) in [6.45, 7) is 3.60. The molecule has 46 valence electrons. The molecule has 0 radical (unpaired) electrons. The molecule has 0 spiro atoms. The van der Waals surface area contributed by atoms with Crippen LogP contribution in [0.25, 0.3) is 0 Å². The molecule has 0 aliphatic carbocycles. The van der Waals surface area contributed by atoms with Gasteiger partial charge in [-0.15, -0.1) is 6.58 Å². The van der Waals surface area contributed by atoms with Crippen LogP contribution in [0.2, 0.25) is 0 Å². The van der Waals surface area contributed by atoms with Gasteiger partial charge in [0.2, 0.25) is 0 Å². The molecule has 5 heteroatoms. The van der Waals surface area contributed by atoms with Crippen LogP contribution in [-0.4, -0.2) is 19.0 Å². The highest BCUT2D eigenvalue weighted by atomic mass is 32.1. The van der Waals surface area contributed by atoms with Crippen molar-refractivity contribution in [2.24, 2.45) is 0 Å². The molecule has 0 rings (SSSR count). The van der Waals surface area contributed by atoms with Gasteiger partial charge in [0.1, 0.15) is 0 Å². The molecule has 0 aromatic carbocycles. The highest BCUT2D eigenvalue weighted by Gasteiger charge is 2.11. The predicted molar refractivity (Wildman–Crippen MR) is 34.2 cm³/mol. The average Bonchev–Trinajstić information content (AvgIpc) is 1.83. The van der Waals surface area contributed by atoms with E-state index in [1.165, 1.54) is 6.08 Å². The van der Waals surface area contributed by atoms with Crippen molar-refractivity contribution in [1.82, 2.24) is 0 Å². The second kappa shape index (κ2) is 5.18. The molecule has 0 aliphatic heterocycles. The first-order chi connectivity index (χ1) is 3.81. The van der Waals surface area contributed by atoms with Gasteiger partial charge in [0.25, 0.3) is 0 Å². The van der Waals surface area contributed by atoms with Crippen molar-refractivity contribution >= 4 is 20.2 Å². The van der Waals surface area contributed by atoms with Gasteiger partial charge in [0.15, 0.2) is 0 Å². The van der Waals surface area contributed by atoms with Crippen molar-refractivity contribution in [3.63, 3.8) is 0 Å². The minimum Gasteiger partial charge on any atom is -0.401 e. The molecule has 1 N–H and O–H groups in total. The van der Waals surface area contributed by atoms with Gasteiger partial charge in [-0.1, -0.05) is 6.08 Å². The Labute approximate surface area is 54.1 Å². The van der Waals surface area contributed by atoms with Gasteiger partial charge < -0.3 is 13.8 Å². The van der Waals surface area contributed by atoms with Crippen molar-refractivity contribution in [2.45, 2.75) is 0 Å². The minimum atomic E-state index is -1.25. The molecule has 0 heterocycles. The van der Waals surface area contributed by atoms with Crippen LogP contribution in [0.3, 0.4) is 0 Å². The van der Waals surface area contributed by atoms with Crippen LogP contribution in [0.1, 0.15) is 0 Å². The van der Waals surface area contributed by atoms with Gasteiger partial charge in [-0.05, 0) is 12.9 Å². The topological polar surface area (TPSA) is 38.7 Å². The van der Waals surface area contributed by atoms with Crippen molar-refractivity contribution in [3.05, 3.63) is 12.7 Å². The Morgan fingerprint density at radius 1 is 1.88 bits per heavy atom. The van der Waals surface area contributed by atoms with E-state index in [1.54, 1.807) is 0 Å². The van der Waals surface area contributed by atoms with Gasteiger partial charge in [-0.2, -0.15) is 0 Å². The molecule has 0 aliphatic rings. The molecule has 0 saturated carbocycles. The molecule has 0 bridgehead atoms. The molecular formula is C3H7BO3S. The second-order valence-corrected chi connectivity index (χ2v) is 1.25. The smallest absolute Gasteiger partial charge is 0.401 e. The quantitative estimate of drug-likeness (QED) is 0.246. The SMILES string of the molecule is C=CCOB(O)OS. The first-order valence-corrected chi connectivity index (χ1v) is 2.38. The van der Waals surface area contributed by atoms with Crippen LogP contribution in [-0.2, 0) is 8.75 Å². The Bertz CT molecular complexity index is 69.5. The minimum absolute atomic E-state index is 0.252. The molecule has 0 unspecified atom stereocenters. The third-order valence-corrected chi connectivity index (χ3v) is 0.627. The Morgan fingerprint density at radius 2 is 2.50 bits per heavy atom. The van der Waals surface area contributed by atoms with E-state index in [4.69, 9.17) is 5.02 Å². The van der Waals surface area contributed by atoms with Crippen LogP contribution >= 0.6 is 12.9 Å². The van der Waals surface area contributed by atoms with Gasteiger partial charge in [-0.25, -0.2) is 0 Å². The lowest BCUT2D eigenvalue weighted by molar-refractivity contribution is 0.228. The van der Waals surface area contributed by atoms with Gasteiger partial charge in [-0.3, -0.25) is 0 Å².